The van der Waals surface area contributed by atoms with Crippen LogP contribution in [0, 0.1) is 0 Å². The fourth-order valence-electron chi connectivity index (χ4n) is 2.89. The van der Waals surface area contributed by atoms with Crippen LogP contribution in [-0.2, 0) is 9.53 Å². The lowest BCUT2D eigenvalue weighted by Gasteiger charge is -2.11. The lowest BCUT2D eigenvalue weighted by atomic mass is 10.0. The Hall–Kier alpha value is -4.33. The molecule has 0 saturated carbocycles. The van der Waals surface area contributed by atoms with Crippen LogP contribution >= 0.6 is 0 Å². The van der Waals surface area contributed by atoms with Gasteiger partial charge >= 0.3 is 5.97 Å². The number of carbonyl (C=O) groups excluding carboxylic acids is 2. The minimum absolute atomic E-state index is 0.323. The molecule has 148 valence electrons. The SMILES string of the molecule is O=C(COC(=O)c1ccc(-n2cnnn2)cc1)Nc1ccccc1-c1ccccc1. The molecule has 1 heterocycles. The van der Waals surface area contributed by atoms with E-state index in [1.165, 1.54) is 11.0 Å². The summed E-state index contributed by atoms with van der Waals surface area (Å²) in [6, 6.07) is 23.7. The van der Waals surface area contributed by atoms with Gasteiger partial charge in [-0.15, -0.1) is 5.10 Å². The number of nitrogens with one attached hydrogen (secondary N) is 1. The van der Waals surface area contributed by atoms with Gasteiger partial charge in [-0.25, -0.2) is 9.48 Å². The van der Waals surface area contributed by atoms with E-state index in [1.54, 1.807) is 30.3 Å². The first kappa shape index (κ1) is 19.0. The quantitative estimate of drug-likeness (QED) is 0.500. The average Bonchev–Trinajstić information content (AvgIpc) is 3.34. The highest BCUT2D eigenvalue weighted by Gasteiger charge is 2.12. The number of ether oxygens (including phenoxy) is 1. The molecule has 0 aliphatic carbocycles. The third kappa shape index (κ3) is 4.39. The van der Waals surface area contributed by atoms with Crippen LogP contribution in [0.3, 0.4) is 0 Å². The standard InChI is InChI=1S/C22H17N5O3/c28-21(24-20-9-5-4-8-19(20)16-6-2-1-3-7-16)14-30-22(29)17-10-12-18(13-11-17)27-15-23-25-26-27/h1-13,15H,14H2,(H,24,28). The summed E-state index contributed by atoms with van der Waals surface area (Å²) >= 11 is 0. The number of esters is 1. The third-order valence-corrected chi connectivity index (χ3v) is 4.34. The van der Waals surface area contributed by atoms with Crippen LogP contribution in [-0.4, -0.2) is 38.7 Å². The van der Waals surface area contributed by atoms with Crippen molar-refractivity contribution in [2.75, 3.05) is 11.9 Å². The van der Waals surface area contributed by atoms with Crippen molar-refractivity contribution < 1.29 is 14.3 Å². The van der Waals surface area contributed by atoms with Crippen LogP contribution in [0.15, 0.2) is 85.2 Å². The molecule has 0 saturated heterocycles. The molecule has 0 fully saturated rings. The van der Waals surface area contributed by atoms with Crippen LogP contribution < -0.4 is 5.32 Å². The van der Waals surface area contributed by atoms with Gasteiger partial charge in [0.25, 0.3) is 5.91 Å². The van der Waals surface area contributed by atoms with Crippen molar-refractivity contribution in [3.05, 3.63) is 90.8 Å². The van der Waals surface area contributed by atoms with Gasteiger partial charge in [-0.1, -0.05) is 48.5 Å². The van der Waals surface area contributed by atoms with Crippen molar-refractivity contribution >= 4 is 17.6 Å². The molecule has 4 aromatic rings. The Labute approximate surface area is 172 Å². The largest absolute Gasteiger partial charge is 0.452 e. The number of benzene rings is 3. The van der Waals surface area contributed by atoms with E-state index < -0.39 is 18.5 Å². The monoisotopic (exact) mass is 399 g/mol. The number of hydrogen-bond donors (Lipinski definition) is 1. The summed E-state index contributed by atoms with van der Waals surface area (Å²) < 4.78 is 6.61. The van der Waals surface area contributed by atoms with E-state index >= 15 is 0 Å². The molecule has 3 aromatic carbocycles. The predicted octanol–water partition coefficient (Wildman–Crippen LogP) is 3.12. The summed E-state index contributed by atoms with van der Waals surface area (Å²) in [5.74, 6) is -1.01. The molecule has 30 heavy (non-hydrogen) atoms. The second kappa shape index (κ2) is 8.78. The minimum Gasteiger partial charge on any atom is -0.452 e. The van der Waals surface area contributed by atoms with Gasteiger partial charge in [-0.3, -0.25) is 4.79 Å². The lowest BCUT2D eigenvalue weighted by molar-refractivity contribution is -0.119. The predicted molar refractivity (Wildman–Crippen MR) is 110 cm³/mol. The van der Waals surface area contributed by atoms with E-state index in [1.807, 2.05) is 48.5 Å². The fraction of sp³-hybridized carbons (Fsp3) is 0.0455. The Morgan fingerprint density at radius 1 is 0.900 bits per heavy atom. The number of tetrazole rings is 1. The second-order valence-corrected chi connectivity index (χ2v) is 6.34. The molecule has 0 atom stereocenters. The molecule has 0 radical (unpaired) electrons. The molecule has 4 rings (SSSR count). The zero-order valence-corrected chi connectivity index (χ0v) is 15.8. The van der Waals surface area contributed by atoms with Gasteiger partial charge in [-0.2, -0.15) is 0 Å². The highest BCUT2D eigenvalue weighted by atomic mass is 16.5. The van der Waals surface area contributed by atoms with Crippen LogP contribution in [0.2, 0.25) is 0 Å². The number of hydrogen-bond acceptors (Lipinski definition) is 6. The van der Waals surface area contributed by atoms with Crippen molar-refractivity contribution in [2.24, 2.45) is 0 Å². The summed E-state index contributed by atoms with van der Waals surface area (Å²) in [6.45, 7) is -0.392. The molecular weight excluding hydrogens is 382 g/mol. The highest BCUT2D eigenvalue weighted by Crippen LogP contribution is 2.27. The first-order valence-electron chi connectivity index (χ1n) is 9.15. The molecule has 1 amide bonds. The molecular formula is C22H17N5O3. The molecule has 1 aromatic heterocycles. The van der Waals surface area contributed by atoms with Crippen molar-refractivity contribution in [2.45, 2.75) is 0 Å². The van der Waals surface area contributed by atoms with E-state index in [0.29, 0.717) is 16.9 Å². The number of rotatable bonds is 6. The number of amides is 1. The maximum Gasteiger partial charge on any atom is 0.338 e. The molecule has 0 unspecified atom stereocenters. The first-order valence-corrected chi connectivity index (χ1v) is 9.15. The summed E-state index contributed by atoms with van der Waals surface area (Å²) in [6.07, 6.45) is 1.45. The Morgan fingerprint density at radius 2 is 1.63 bits per heavy atom. The Balaban J connectivity index is 1.37. The number of nitrogens with zero attached hydrogens (tertiary/aromatic N) is 4. The number of anilines is 1. The molecule has 0 spiro atoms. The van der Waals surface area contributed by atoms with E-state index in [2.05, 4.69) is 20.8 Å². The van der Waals surface area contributed by atoms with Gasteiger partial charge in [0.15, 0.2) is 6.61 Å². The average molecular weight is 399 g/mol. The van der Waals surface area contributed by atoms with Gasteiger partial charge in [0, 0.05) is 11.3 Å². The topological polar surface area (TPSA) is 99.0 Å². The summed E-state index contributed by atoms with van der Waals surface area (Å²) in [5.41, 5.74) is 3.54. The third-order valence-electron chi connectivity index (χ3n) is 4.34. The summed E-state index contributed by atoms with van der Waals surface area (Å²) in [7, 11) is 0. The molecule has 8 heteroatoms. The van der Waals surface area contributed by atoms with E-state index in [4.69, 9.17) is 4.74 Å². The normalized spacial score (nSPS) is 10.4. The van der Waals surface area contributed by atoms with E-state index in [0.717, 1.165) is 11.1 Å². The van der Waals surface area contributed by atoms with Crippen molar-refractivity contribution in [1.82, 2.24) is 20.2 Å². The Morgan fingerprint density at radius 3 is 2.37 bits per heavy atom. The number of carbonyl (C=O) groups is 2. The Bertz CT molecular complexity index is 1140. The molecule has 0 aliphatic rings. The van der Waals surface area contributed by atoms with Crippen LogP contribution in [0.5, 0.6) is 0 Å². The zero-order chi connectivity index (χ0) is 20.8. The van der Waals surface area contributed by atoms with E-state index in [9.17, 15) is 9.59 Å². The smallest absolute Gasteiger partial charge is 0.338 e. The molecule has 1 N–H and O–H groups in total. The Kier molecular flexibility index (Phi) is 5.56. The first-order chi connectivity index (χ1) is 14.7. The fourth-order valence-corrected chi connectivity index (χ4v) is 2.89. The van der Waals surface area contributed by atoms with Gasteiger partial charge < -0.3 is 10.1 Å². The maximum atomic E-state index is 12.3. The van der Waals surface area contributed by atoms with Crippen molar-refractivity contribution in [3.63, 3.8) is 0 Å². The molecule has 8 nitrogen and oxygen atoms in total. The van der Waals surface area contributed by atoms with Crippen LogP contribution in [0.4, 0.5) is 5.69 Å². The van der Waals surface area contributed by atoms with E-state index in [-0.39, 0.29) is 0 Å². The second-order valence-electron chi connectivity index (χ2n) is 6.34. The van der Waals surface area contributed by atoms with Crippen LogP contribution in [0.25, 0.3) is 16.8 Å². The maximum absolute atomic E-state index is 12.3. The lowest BCUT2D eigenvalue weighted by Crippen LogP contribution is -2.21. The van der Waals surface area contributed by atoms with Gasteiger partial charge in [0.1, 0.15) is 6.33 Å². The van der Waals surface area contributed by atoms with Gasteiger partial charge in [0.2, 0.25) is 0 Å². The highest BCUT2D eigenvalue weighted by molar-refractivity contribution is 5.98. The minimum atomic E-state index is -0.593. The van der Waals surface area contributed by atoms with Crippen molar-refractivity contribution in [3.8, 4) is 16.8 Å². The summed E-state index contributed by atoms with van der Waals surface area (Å²) in [4.78, 5) is 24.6. The molecule has 0 aliphatic heterocycles. The molecule has 0 bridgehead atoms. The number of para-hydroxylation sites is 1. The van der Waals surface area contributed by atoms with Crippen molar-refractivity contribution in [1.29, 1.82) is 0 Å². The van der Waals surface area contributed by atoms with Gasteiger partial charge in [0.05, 0.1) is 11.3 Å². The van der Waals surface area contributed by atoms with Gasteiger partial charge in [-0.05, 0) is 46.3 Å². The number of aromatic nitrogens is 4. The zero-order valence-electron chi connectivity index (χ0n) is 15.8. The summed E-state index contributed by atoms with van der Waals surface area (Å²) in [5, 5.41) is 13.7. The van der Waals surface area contributed by atoms with Crippen LogP contribution in [0.1, 0.15) is 10.4 Å².